The summed E-state index contributed by atoms with van der Waals surface area (Å²) in [6.45, 7) is -0.0805. The van der Waals surface area contributed by atoms with Gasteiger partial charge >= 0.3 is 0 Å². The highest BCUT2D eigenvalue weighted by molar-refractivity contribution is 5.93. The first kappa shape index (κ1) is 38.1. The molecule has 5 atom stereocenters. The predicted octanol–water partition coefficient (Wildman–Crippen LogP) is -1.30. The lowest BCUT2D eigenvalue weighted by Crippen LogP contribution is -2.58. The lowest BCUT2D eigenvalue weighted by atomic mass is 9.94. The Morgan fingerprint density at radius 1 is 0.976 bits per heavy atom. The fourth-order valence-electron chi connectivity index (χ4n) is 4.13. The summed E-state index contributed by atoms with van der Waals surface area (Å²) in [5.41, 5.74) is 18.4. The Labute approximate surface area is 255 Å². The smallest absolute Gasteiger partial charge is 0.245 e. The Balaban J connectivity index is 0.00000533. The average Bonchev–Trinajstić information content (AvgIpc) is 2.90. The van der Waals surface area contributed by atoms with E-state index < -0.39 is 48.1 Å². The summed E-state index contributed by atoms with van der Waals surface area (Å²) >= 11 is 0. The van der Waals surface area contributed by atoms with E-state index in [4.69, 9.17) is 17.2 Å². The minimum atomic E-state index is -1.73. The third kappa shape index (κ3) is 9.58. The quantitative estimate of drug-likeness (QED) is 0.179. The number of phenols is 2. The molecule has 1 aliphatic heterocycles. The minimum absolute atomic E-state index is 0. The molecule has 16 heteroatoms. The van der Waals surface area contributed by atoms with Crippen molar-refractivity contribution in [2.75, 3.05) is 19.6 Å². The van der Waals surface area contributed by atoms with Crippen LogP contribution in [0.25, 0.3) is 11.1 Å². The van der Waals surface area contributed by atoms with E-state index in [0.29, 0.717) is 16.7 Å². The van der Waals surface area contributed by atoms with Crippen molar-refractivity contribution in [3.63, 3.8) is 0 Å². The molecule has 0 unspecified atom stereocenters. The number of aliphatic hydroxyl groups is 2. The molecule has 41 heavy (non-hydrogen) atoms. The number of halogens is 3. The van der Waals surface area contributed by atoms with E-state index in [-0.39, 0.29) is 86.8 Å². The maximum atomic E-state index is 13.3. The van der Waals surface area contributed by atoms with E-state index in [1.165, 1.54) is 18.2 Å². The Bertz CT molecular complexity index is 1190. The summed E-state index contributed by atoms with van der Waals surface area (Å²) in [4.78, 5) is 39.2. The topological polar surface area (TPSA) is 246 Å². The van der Waals surface area contributed by atoms with E-state index in [9.17, 15) is 34.8 Å². The molecule has 0 saturated carbocycles. The number of benzene rings is 2. The maximum absolute atomic E-state index is 13.3. The molecular weight excluding hydrogens is 603 g/mol. The Morgan fingerprint density at radius 3 is 2.20 bits per heavy atom. The van der Waals surface area contributed by atoms with Crippen LogP contribution < -0.4 is 33.2 Å². The molecule has 0 aliphatic carbocycles. The Hall–Kier alpha value is -2.88. The Kier molecular flexibility index (Phi) is 16.0. The molecule has 1 aliphatic rings. The number of carbonyl (C=O) groups excluding carboxylic acids is 3. The van der Waals surface area contributed by atoms with Crippen molar-refractivity contribution in [3.05, 3.63) is 47.5 Å². The van der Waals surface area contributed by atoms with Crippen LogP contribution in [0.1, 0.15) is 23.7 Å². The van der Waals surface area contributed by atoms with Crippen molar-refractivity contribution >= 4 is 54.9 Å². The molecule has 3 rings (SSSR count). The van der Waals surface area contributed by atoms with Crippen LogP contribution in [0.4, 0.5) is 0 Å². The molecule has 4 bridgehead atoms. The molecule has 0 radical (unpaired) electrons. The first-order valence-corrected chi connectivity index (χ1v) is 12.1. The number of hydrogen-bond acceptors (Lipinski definition) is 10. The molecule has 0 spiro atoms. The summed E-state index contributed by atoms with van der Waals surface area (Å²) in [5, 5.41) is 49.6. The normalized spacial score (nSPS) is 21.2. The van der Waals surface area contributed by atoms with E-state index in [2.05, 4.69) is 16.0 Å². The zero-order valence-electron chi connectivity index (χ0n) is 21.9. The van der Waals surface area contributed by atoms with E-state index in [0.717, 1.165) is 0 Å². The van der Waals surface area contributed by atoms with E-state index >= 15 is 0 Å². The number of rotatable bonds is 6. The van der Waals surface area contributed by atoms with Gasteiger partial charge in [0.2, 0.25) is 17.7 Å². The first-order valence-electron chi connectivity index (χ1n) is 12.1. The molecule has 3 amide bonds. The summed E-state index contributed by atoms with van der Waals surface area (Å²) in [6, 6.07) is 4.79. The highest BCUT2D eigenvalue weighted by Gasteiger charge is 2.35. The van der Waals surface area contributed by atoms with Gasteiger partial charge in [-0.25, -0.2) is 0 Å². The number of aromatic hydroxyl groups is 2. The number of aliphatic hydroxyl groups excluding tert-OH is 2. The Morgan fingerprint density at radius 2 is 1.59 bits per heavy atom. The van der Waals surface area contributed by atoms with Crippen molar-refractivity contribution in [2.45, 2.75) is 43.2 Å². The van der Waals surface area contributed by atoms with Gasteiger partial charge < -0.3 is 53.6 Å². The molecular formula is C25H37Cl3N6O7. The third-order valence-corrected chi connectivity index (χ3v) is 6.29. The lowest BCUT2D eigenvalue weighted by molar-refractivity contribution is -0.135. The molecule has 230 valence electrons. The number of carbonyl (C=O) groups is 3. The second-order valence-electron chi connectivity index (χ2n) is 9.12. The van der Waals surface area contributed by atoms with Crippen molar-refractivity contribution < 1.29 is 34.8 Å². The fourth-order valence-corrected chi connectivity index (χ4v) is 4.13. The van der Waals surface area contributed by atoms with Crippen LogP contribution in [0.2, 0.25) is 0 Å². The monoisotopic (exact) mass is 638 g/mol. The predicted molar refractivity (Wildman–Crippen MR) is 159 cm³/mol. The molecule has 13 nitrogen and oxygen atoms in total. The van der Waals surface area contributed by atoms with Gasteiger partial charge in [-0.2, -0.15) is 0 Å². The molecule has 2 aromatic rings. The molecule has 1 heterocycles. The highest BCUT2D eigenvalue weighted by Crippen LogP contribution is 2.34. The molecule has 0 saturated heterocycles. The van der Waals surface area contributed by atoms with Crippen LogP contribution >= 0.6 is 37.2 Å². The van der Waals surface area contributed by atoms with Gasteiger partial charge in [-0.1, -0.05) is 12.1 Å². The van der Waals surface area contributed by atoms with Gasteiger partial charge in [0.05, 0.1) is 12.1 Å². The van der Waals surface area contributed by atoms with Gasteiger partial charge in [0, 0.05) is 38.0 Å². The van der Waals surface area contributed by atoms with Gasteiger partial charge in [-0.15, -0.1) is 37.2 Å². The van der Waals surface area contributed by atoms with Crippen LogP contribution in [0.3, 0.4) is 0 Å². The molecule has 0 fully saturated rings. The summed E-state index contributed by atoms with van der Waals surface area (Å²) in [7, 11) is 0. The van der Waals surface area contributed by atoms with Crippen molar-refractivity contribution in [1.82, 2.24) is 16.0 Å². The fraction of sp³-hybridized carbons (Fsp3) is 0.400. The second-order valence-corrected chi connectivity index (χ2v) is 9.12. The molecule has 2 aromatic carbocycles. The van der Waals surface area contributed by atoms with E-state index in [1.807, 2.05) is 0 Å². The van der Waals surface area contributed by atoms with Gasteiger partial charge in [-0.05, 0) is 41.0 Å². The summed E-state index contributed by atoms with van der Waals surface area (Å²) < 4.78 is 0. The largest absolute Gasteiger partial charge is 0.508 e. The lowest BCUT2D eigenvalue weighted by Gasteiger charge is -2.28. The molecule has 13 N–H and O–H groups in total. The number of fused-ring (bicyclic) bond motifs is 5. The van der Waals surface area contributed by atoms with Crippen molar-refractivity contribution in [2.24, 2.45) is 17.2 Å². The zero-order valence-corrected chi connectivity index (χ0v) is 24.3. The summed E-state index contributed by atoms with van der Waals surface area (Å²) in [5.74, 6) is -2.89. The van der Waals surface area contributed by atoms with Crippen molar-refractivity contribution in [1.29, 1.82) is 0 Å². The number of nitrogens with one attached hydrogen (secondary N) is 3. The standard InChI is InChI=1S/C25H34N6O7.3ClH/c26-5-6-29-25(38)21-22(35)16-8-13(2-4-20(16)34)12-1-3-19(33)14(7-12)9-17(28)23(36)30-18(24(37)31-21)10-15(32)11-27;;;/h1-4,7-8,15,17-18,21-22,32-35H,5-6,9-11,26-28H2,(H,29,38)(H,30,36)(H,31,37);3*1H/t15-,17+,18+,21+,22-;;;/m1.../s1. The first-order chi connectivity index (χ1) is 18.0. The van der Waals surface area contributed by atoms with E-state index in [1.54, 1.807) is 18.2 Å². The average molecular weight is 640 g/mol. The number of hydrogen-bond donors (Lipinski definition) is 10. The van der Waals surface area contributed by atoms with Crippen LogP contribution in [0.15, 0.2) is 36.4 Å². The van der Waals surface area contributed by atoms with Crippen LogP contribution in [-0.2, 0) is 20.8 Å². The van der Waals surface area contributed by atoms with Crippen molar-refractivity contribution in [3.8, 4) is 22.6 Å². The van der Waals surface area contributed by atoms with Crippen LogP contribution in [-0.4, -0.2) is 82.0 Å². The second kappa shape index (κ2) is 17.2. The number of nitrogens with two attached hydrogens (primary N) is 3. The van der Waals surface area contributed by atoms with Crippen LogP contribution in [0.5, 0.6) is 11.5 Å². The third-order valence-electron chi connectivity index (χ3n) is 6.29. The SMILES string of the molecule is Cl.Cl.Cl.NCCNC(=O)[C@H]1NC(=O)[C@H](C[C@@H](O)CN)NC(=O)[C@@H](N)Cc2cc(ccc2O)-c2ccc(O)c(c2)[C@H]1O. The van der Waals surface area contributed by atoms with Crippen LogP contribution in [0, 0.1) is 0 Å². The summed E-state index contributed by atoms with van der Waals surface area (Å²) in [6.07, 6.45) is -3.30. The number of phenolic OH excluding ortho intramolecular Hbond substituents is 2. The zero-order chi connectivity index (χ0) is 28.0. The van der Waals surface area contributed by atoms with Gasteiger partial charge in [0.1, 0.15) is 29.7 Å². The number of amides is 3. The maximum Gasteiger partial charge on any atom is 0.245 e. The van der Waals surface area contributed by atoms with Gasteiger partial charge in [-0.3, -0.25) is 14.4 Å². The minimum Gasteiger partial charge on any atom is -0.508 e. The van der Waals surface area contributed by atoms with Gasteiger partial charge in [0.15, 0.2) is 0 Å². The molecule has 0 aromatic heterocycles. The van der Waals surface area contributed by atoms with Gasteiger partial charge in [0.25, 0.3) is 0 Å². The highest BCUT2D eigenvalue weighted by atomic mass is 35.5.